The predicted octanol–water partition coefficient (Wildman–Crippen LogP) is 2.24. The standard InChI is InChI=1S/C14H18N2O2/c1-10-4-5-14(18-3)12(8-10)13(17)9-16-7-6-11(2)15-16/h4-8,13,17H,9H2,1-3H3. The highest BCUT2D eigenvalue weighted by Gasteiger charge is 2.14. The van der Waals surface area contributed by atoms with Gasteiger partial charge in [-0.3, -0.25) is 4.68 Å². The fourth-order valence-corrected chi connectivity index (χ4v) is 1.95. The molecular formula is C14H18N2O2. The normalized spacial score (nSPS) is 12.4. The number of aliphatic hydroxyl groups is 1. The summed E-state index contributed by atoms with van der Waals surface area (Å²) in [5, 5.41) is 14.5. The van der Waals surface area contributed by atoms with Crippen molar-refractivity contribution in [2.75, 3.05) is 7.11 Å². The Morgan fingerprint density at radius 2 is 2.11 bits per heavy atom. The van der Waals surface area contributed by atoms with Crippen LogP contribution in [0.15, 0.2) is 30.5 Å². The second kappa shape index (κ2) is 5.23. The molecule has 1 atom stereocenters. The van der Waals surface area contributed by atoms with E-state index in [1.807, 2.05) is 44.3 Å². The lowest BCUT2D eigenvalue weighted by Crippen LogP contribution is -2.10. The second-order valence-corrected chi connectivity index (χ2v) is 4.44. The summed E-state index contributed by atoms with van der Waals surface area (Å²) in [6.07, 6.45) is 1.24. The Morgan fingerprint density at radius 1 is 1.33 bits per heavy atom. The van der Waals surface area contributed by atoms with E-state index in [4.69, 9.17) is 4.74 Å². The summed E-state index contributed by atoms with van der Waals surface area (Å²) in [5.74, 6) is 0.706. The van der Waals surface area contributed by atoms with Gasteiger partial charge in [-0.05, 0) is 32.0 Å². The Bertz CT molecular complexity index is 534. The monoisotopic (exact) mass is 246 g/mol. The maximum atomic E-state index is 10.3. The number of aliphatic hydroxyl groups excluding tert-OH is 1. The van der Waals surface area contributed by atoms with Gasteiger partial charge in [0.15, 0.2) is 0 Å². The molecule has 4 heteroatoms. The number of ether oxygens (including phenoxy) is 1. The molecular weight excluding hydrogens is 228 g/mol. The SMILES string of the molecule is COc1ccc(C)cc1C(O)Cn1ccc(C)n1. The lowest BCUT2D eigenvalue weighted by Gasteiger charge is -2.15. The van der Waals surface area contributed by atoms with E-state index in [9.17, 15) is 5.11 Å². The van der Waals surface area contributed by atoms with Crippen LogP contribution in [0.25, 0.3) is 0 Å². The van der Waals surface area contributed by atoms with Crippen molar-refractivity contribution in [3.63, 3.8) is 0 Å². The smallest absolute Gasteiger partial charge is 0.124 e. The summed E-state index contributed by atoms with van der Waals surface area (Å²) in [6.45, 7) is 4.34. The minimum absolute atomic E-state index is 0.424. The summed E-state index contributed by atoms with van der Waals surface area (Å²) >= 11 is 0. The fraction of sp³-hybridized carbons (Fsp3) is 0.357. The van der Waals surface area contributed by atoms with E-state index in [1.54, 1.807) is 11.8 Å². The third-order valence-electron chi connectivity index (χ3n) is 2.88. The Balaban J connectivity index is 2.22. The molecule has 0 radical (unpaired) electrons. The van der Waals surface area contributed by atoms with Crippen molar-refractivity contribution >= 4 is 0 Å². The molecule has 18 heavy (non-hydrogen) atoms. The Labute approximate surface area is 107 Å². The molecule has 0 aliphatic heterocycles. The fourth-order valence-electron chi connectivity index (χ4n) is 1.95. The second-order valence-electron chi connectivity index (χ2n) is 4.44. The van der Waals surface area contributed by atoms with Gasteiger partial charge >= 0.3 is 0 Å². The summed E-state index contributed by atoms with van der Waals surface area (Å²) in [7, 11) is 1.61. The minimum atomic E-state index is -0.626. The van der Waals surface area contributed by atoms with Gasteiger partial charge in [0.05, 0.1) is 19.3 Å². The number of hydrogen-bond donors (Lipinski definition) is 1. The molecule has 0 bridgehead atoms. The first-order valence-corrected chi connectivity index (χ1v) is 5.93. The first-order chi connectivity index (χ1) is 8.60. The van der Waals surface area contributed by atoms with Gasteiger partial charge in [0, 0.05) is 11.8 Å². The molecule has 1 aromatic heterocycles. The molecule has 0 spiro atoms. The van der Waals surface area contributed by atoms with Crippen molar-refractivity contribution in [1.29, 1.82) is 0 Å². The molecule has 2 rings (SSSR count). The maximum Gasteiger partial charge on any atom is 0.124 e. The van der Waals surface area contributed by atoms with Gasteiger partial charge in [-0.1, -0.05) is 11.6 Å². The van der Waals surface area contributed by atoms with E-state index in [0.29, 0.717) is 12.3 Å². The van der Waals surface area contributed by atoms with Gasteiger partial charge in [-0.15, -0.1) is 0 Å². The molecule has 2 aromatic rings. The molecule has 0 aliphatic carbocycles. The van der Waals surface area contributed by atoms with Crippen LogP contribution in [0.2, 0.25) is 0 Å². The summed E-state index contributed by atoms with van der Waals surface area (Å²) in [6, 6.07) is 7.70. The topological polar surface area (TPSA) is 47.3 Å². The average molecular weight is 246 g/mol. The highest BCUT2D eigenvalue weighted by molar-refractivity contribution is 5.38. The highest BCUT2D eigenvalue weighted by atomic mass is 16.5. The van der Waals surface area contributed by atoms with Crippen molar-refractivity contribution in [3.8, 4) is 5.75 Å². The number of benzene rings is 1. The van der Waals surface area contributed by atoms with Crippen LogP contribution in [0.1, 0.15) is 22.9 Å². The summed E-state index contributed by atoms with van der Waals surface area (Å²) in [5.41, 5.74) is 2.84. The molecule has 0 fully saturated rings. The molecule has 1 N–H and O–H groups in total. The van der Waals surface area contributed by atoms with Crippen molar-refractivity contribution in [2.45, 2.75) is 26.5 Å². The summed E-state index contributed by atoms with van der Waals surface area (Å²) < 4.78 is 7.01. The molecule has 1 heterocycles. The van der Waals surface area contributed by atoms with Crippen LogP contribution < -0.4 is 4.74 Å². The van der Waals surface area contributed by atoms with Crippen LogP contribution in [0.5, 0.6) is 5.75 Å². The molecule has 1 aromatic carbocycles. The van der Waals surface area contributed by atoms with E-state index in [-0.39, 0.29) is 0 Å². The van der Waals surface area contributed by atoms with E-state index in [1.165, 1.54) is 0 Å². The van der Waals surface area contributed by atoms with Crippen molar-refractivity contribution in [2.24, 2.45) is 0 Å². The maximum absolute atomic E-state index is 10.3. The van der Waals surface area contributed by atoms with Crippen molar-refractivity contribution in [1.82, 2.24) is 9.78 Å². The Hall–Kier alpha value is -1.81. The number of nitrogens with zero attached hydrogens (tertiary/aromatic N) is 2. The van der Waals surface area contributed by atoms with Gasteiger partial charge in [0.1, 0.15) is 11.9 Å². The average Bonchev–Trinajstić information content (AvgIpc) is 2.74. The predicted molar refractivity (Wildman–Crippen MR) is 69.7 cm³/mol. The zero-order chi connectivity index (χ0) is 13.1. The quantitative estimate of drug-likeness (QED) is 0.900. The highest BCUT2D eigenvalue weighted by Crippen LogP contribution is 2.27. The van der Waals surface area contributed by atoms with E-state index in [0.717, 1.165) is 16.8 Å². The molecule has 0 aliphatic rings. The molecule has 4 nitrogen and oxygen atoms in total. The van der Waals surface area contributed by atoms with Gasteiger partial charge in [0.25, 0.3) is 0 Å². The van der Waals surface area contributed by atoms with Crippen LogP contribution in [0.4, 0.5) is 0 Å². The van der Waals surface area contributed by atoms with E-state index < -0.39 is 6.10 Å². The van der Waals surface area contributed by atoms with Crippen LogP contribution in [0.3, 0.4) is 0 Å². The van der Waals surface area contributed by atoms with Crippen molar-refractivity contribution < 1.29 is 9.84 Å². The van der Waals surface area contributed by atoms with E-state index >= 15 is 0 Å². The first kappa shape index (κ1) is 12.6. The summed E-state index contributed by atoms with van der Waals surface area (Å²) in [4.78, 5) is 0. The lowest BCUT2D eigenvalue weighted by molar-refractivity contribution is 0.147. The van der Waals surface area contributed by atoms with Gasteiger partial charge < -0.3 is 9.84 Å². The number of rotatable bonds is 4. The number of methoxy groups -OCH3 is 1. The minimum Gasteiger partial charge on any atom is -0.496 e. The molecule has 1 unspecified atom stereocenters. The van der Waals surface area contributed by atoms with Crippen LogP contribution in [-0.2, 0) is 6.54 Å². The van der Waals surface area contributed by atoms with Gasteiger partial charge in [0.2, 0.25) is 0 Å². The molecule has 0 saturated carbocycles. The zero-order valence-electron chi connectivity index (χ0n) is 10.9. The van der Waals surface area contributed by atoms with Crippen molar-refractivity contribution in [3.05, 3.63) is 47.3 Å². The first-order valence-electron chi connectivity index (χ1n) is 5.93. The molecule has 0 amide bonds. The largest absolute Gasteiger partial charge is 0.496 e. The zero-order valence-corrected chi connectivity index (χ0v) is 10.9. The van der Waals surface area contributed by atoms with Crippen LogP contribution in [0, 0.1) is 13.8 Å². The lowest BCUT2D eigenvalue weighted by atomic mass is 10.1. The van der Waals surface area contributed by atoms with Crippen LogP contribution >= 0.6 is 0 Å². The van der Waals surface area contributed by atoms with Gasteiger partial charge in [-0.2, -0.15) is 5.10 Å². The number of aryl methyl sites for hydroxylation is 2. The molecule has 0 saturated heterocycles. The number of hydrogen-bond acceptors (Lipinski definition) is 3. The number of aromatic nitrogens is 2. The van der Waals surface area contributed by atoms with Crippen LogP contribution in [-0.4, -0.2) is 22.0 Å². The Kier molecular flexibility index (Phi) is 3.67. The third kappa shape index (κ3) is 2.71. The molecule has 96 valence electrons. The van der Waals surface area contributed by atoms with Gasteiger partial charge in [-0.25, -0.2) is 0 Å². The Morgan fingerprint density at radius 3 is 2.72 bits per heavy atom. The third-order valence-corrected chi connectivity index (χ3v) is 2.88. The van der Waals surface area contributed by atoms with E-state index in [2.05, 4.69) is 5.10 Å².